The van der Waals surface area contributed by atoms with E-state index in [2.05, 4.69) is 10.3 Å². The lowest BCUT2D eigenvalue weighted by Crippen LogP contribution is -2.08. The molecule has 18 heavy (non-hydrogen) atoms. The van der Waals surface area contributed by atoms with E-state index in [0.29, 0.717) is 19.6 Å². The average Bonchev–Trinajstić information content (AvgIpc) is 2.84. The Labute approximate surface area is 105 Å². The lowest BCUT2D eigenvalue weighted by Gasteiger charge is -2.06. The summed E-state index contributed by atoms with van der Waals surface area (Å²) in [4.78, 5) is 15.4. The highest BCUT2D eigenvalue weighted by molar-refractivity contribution is 5.87. The molecule has 1 N–H and O–H groups in total. The predicted octanol–water partition coefficient (Wildman–Crippen LogP) is 2.58. The van der Waals surface area contributed by atoms with Crippen LogP contribution in [-0.4, -0.2) is 24.1 Å². The second kappa shape index (κ2) is 6.05. The molecule has 0 aromatic carbocycles. The van der Waals surface area contributed by atoms with Crippen molar-refractivity contribution < 1.29 is 13.9 Å². The molecule has 2 heterocycles. The van der Waals surface area contributed by atoms with Crippen LogP contribution in [-0.2, 0) is 9.53 Å². The lowest BCUT2D eigenvalue weighted by atomic mass is 10.3. The molecule has 2 rings (SSSR count). The first-order valence-corrected chi connectivity index (χ1v) is 6.03. The molecule has 0 spiro atoms. The number of ether oxygens (including phenoxy) is 1. The fourth-order valence-corrected chi connectivity index (χ4v) is 1.71. The Balaban J connectivity index is 1.83. The molecule has 0 saturated heterocycles. The zero-order valence-corrected chi connectivity index (χ0v) is 10.3. The van der Waals surface area contributed by atoms with Gasteiger partial charge in [0.05, 0.1) is 18.3 Å². The predicted molar refractivity (Wildman–Crippen MR) is 68.4 cm³/mol. The van der Waals surface area contributed by atoms with Crippen LogP contribution in [0.2, 0.25) is 0 Å². The molecule has 0 unspecified atom stereocenters. The number of nitrogens with one attached hydrogen (secondary N) is 1. The molecule has 2 aromatic rings. The number of pyridine rings is 1. The largest absolute Gasteiger partial charge is 0.466 e. The Morgan fingerprint density at radius 1 is 1.50 bits per heavy atom. The van der Waals surface area contributed by atoms with Crippen LogP contribution in [0.25, 0.3) is 11.0 Å². The molecule has 0 amide bonds. The van der Waals surface area contributed by atoms with E-state index in [1.807, 2.05) is 12.1 Å². The Kier molecular flexibility index (Phi) is 4.17. The number of esters is 1. The second-order valence-corrected chi connectivity index (χ2v) is 3.83. The van der Waals surface area contributed by atoms with Gasteiger partial charge in [-0.05, 0) is 25.5 Å². The summed E-state index contributed by atoms with van der Waals surface area (Å²) in [6.07, 6.45) is 4.46. The van der Waals surface area contributed by atoms with E-state index in [1.54, 1.807) is 19.4 Å². The number of carbonyl (C=O) groups excluding carboxylic acids is 1. The zero-order chi connectivity index (χ0) is 12.8. The molecule has 5 heteroatoms. The lowest BCUT2D eigenvalue weighted by molar-refractivity contribution is -0.143. The zero-order valence-electron chi connectivity index (χ0n) is 10.3. The van der Waals surface area contributed by atoms with Crippen LogP contribution in [0.1, 0.15) is 19.8 Å². The van der Waals surface area contributed by atoms with Crippen molar-refractivity contribution in [2.45, 2.75) is 19.8 Å². The summed E-state index contributed by atoms with van der Waals surface area (Å²) < 4.78 is 10.1. The summed E-state index contributed by atoms with van der Waals surface area (Å²) in [6, 6.07) is 3.69. The van der Waals surface area contributed by atoms with Crippen LogP contribution >= 0.6 is 0 Å². The summed E-state index contributed by atoms with van der Waals surface area (Å²) in [5.41, 5.74) is 0.804. The van der Waals surface area contributed by atoms with Gasteiger partial charge in [0.25, 0.3) is 0 Å². The van der Waals surface area contributed by atoms with E-state index in [4.69, 9.17) is 9.15 Å². The van der Waals surface area contributed by atoms with E-state index in [-0.39, 0.29) is 5.97 Å². The Morgan fingerprint density at radius 3 is 3.22 bits per heavy atom. The van der Waals surface area contributed by atoms with E-state index >= 15 is 0 Å². The van der Waals surface area contributed by atoms with Gasteiger partial charge < -0.3 is 14.5 Å². The number of rotatable bonds is 6. The molecule has 0 aliphatic rings. The van der Waals surface area contributed by atoms with E-state index in [0.717, 1.165) is 23.2 Å². The van der Waals surface area contributed by atoms with Crippen LogP contribution in [0, 0.1) is 0 Å². The summed E-state index contributed by atoms with van der Waals surface area (Å²) in [5.74, 6) is 0.624. The Morgan fingerprint density at radius 2 is 2.39 bits per heavy atom. The van der Waals surface area contributed by atoms with Crippen molar-refractivity contribution in [3.05, 3.63) is 24.6 Å². The Bertz CT molecular complexity index is 522. The van der Waals surface area contributed by atoms with Crippen LogP contribution in [0.3, 0.4) is 0 Å². The fourth-order valence-electron chi connectivity index (χ4n) is 1.71. The molecule has 0 saturated carbocycles. The van der Waals surface area contributed by atoms with Gasteiger partial charge in [0.15, 0.2) is 0 Å². The molecule has 5 nitrogen and oxygen atoms in total. The molecular weight excluding hydrogens is 232 g/mol. The number of nitrogens with zero attached hydrogens (tertiary/aromatic N) is 1. The van der Waals surface area contributed by atoms with Crippen LogP contribution in [0.15, 0.2) is 29.0 Å². The number of fused-ring (bicyclic) bond motifs is 1. The minimum absolute atomic E-state index is 0.159. The molecule has 0 fully saturated rings. The van der Waals surface area contributed by atoms with E-state index in [9.17, 15) is 4.79 Å². The van der Waals surface area contributed by atoms with Crippen molar-refractivity contribution in [2.75, 3.05) is 18.5 Å². The first-order chi connectivity index (χ1) is 8.81. The molecule has 0 aliphatic carbocycles. The molecular formula is C13H16N2O3. The van der Waals surface area contributed by atoms with Crippen molar-refractivity contribution in [1.29, 1.82) is 0 Å². The van der Waals surface area contributed by atoms with Gasteiger partial charge in [0, 0.05) is 19.2 Å². The highest BCUT2D eigenvalue weighted by atomic mass is 16.5. The van der Waals surface area contributed by atoms with Crippen LogP contribution in [0.5, 0.6) is 0 Å². The fraction of sp³-hybridized carbons (Fsp3) is 0.385. The minimum atomic E-state index is -0.159. The first-order valence-electron chi connectivity index (χ1n) is 6.03. The Hall–Kier alpha value is -2.04. The van der Waals surface area contributed by atoms with Gasteiger partial charge >= 0.3 is 5.97 Å². The smallest absolute Gasteiger partial charge is 0.305 e. The molecule has 96 valence electrons. The molecule has 0 aliphatic heterocycles. The standard InChI is InChI=1S/C13H16N2O3/c1-2-17-12(16)4-3-7-14-13-10-6-9-18-11(10)5-8-15-13/h5-6,8-9H,2-4,7H2,1H3,(H,14,15). The quantitative estimate of drug-likeness (QED) is 0.628. The van der Waals surface area contributed by atoms with Crippen molar-refractivity contribution in [1.82, 2.24) is 4.98 Å². The third-order valence-corrected chi connectivity index (χ3v) is 2.54. The SMILES string of the molecule is CCOC(=O)CCCNc1nccc2occc12. The van der Waals surface area contributed by atoms with Gasteiger partial charge in [-0.15, -0.1) is 0 Å². The maximum Gasteiger partial charge on any atom is 0.305 e. The monoisotopic (exact) mass is 248 g/mol. The maximum absolute atomic E-state index is 11.1. The van der Waals surface area contributed by atoms with Gasteiger partial charge in [-0.1, -0.05) is 0 Å². The first kappa shape index (κ1) is 12.4. The summed E-state index contributed by atoms with van der Waals surface area (Å²) in [5, 5.41) is 4.14. The van der Waals surface area contributed by atoms with Crippen LogP contribution in [0.4, 0.5) is 5.82 Å². The van der Waals surface area contributed by atoms with Gasteiger partial charge in [-0.2, -0.15) is 0 Å². The average molecular weight is 248 g/mol. The number of anilines is 1. The third-order valence-electron chi connectivity index (χ3n) is 2.54. The number of hydrogen-bond donors (Lipinski definition) is 1. The van der Waals surface area contributed by atoms with Gasteiger partial charge in [0.1, 0.15) is 11.4 Å². The van der Waals surface area contributed by atoms with Gasteiger partial charge in [-0.25, -0.2) is 4.98 Å². The van der Waals surface area contributed by atoms with E-state index < -0.39 is 0 Å². The summed E-state index contributed by atoms with van der Waals surface area (Å²) in [7, 11) is 0. The number of aromatic nitrogens is 1. The van der Waals surface area contributed by atoms with Crippen molar-refractivity contribution in [3.63, 3.8) is 0 Å². The minimum Gasteiger partial charge on any atom is -0.466 e. The van der Waals surface area contributed by atoms with Crippen molar-refractivity contribution >= 4 is 22.8 Å². The number of carbonyl (C=O) groups is 1. The van der Waals surface area contributed by atoms with Crippen molar-refractivity contribution in [3.8, 4) is 0 Å². The molecule has 0 bridgehead atoms. The van der Waals surface area contributed by atoms with Crippen LogP contribution < -0.4 is 5.32 Å². The van der Waals surface area contributed by atoms with Gasteiger partial charge in [0.2, 0.25) is 0 Å². The number of furan rings is 1. The highest BCUT2D eigenvalue weighted by Gasteiger charge is 2.05. The van der Waals surface area contributed by atoms with Gasteiger partial charge in [-0.3, -0.25) is 4.79 Å². The molecule has 0 radical (unpaired) electrons. The summed E-state index contributed by atoms with van der Waals surface area (Å²) >= 11 is 0. The number of hydrogen-bond acceptors (Lipinski definition) is 5. The topological polar surface area (TPSA) is 64.4 Å². The summed E-state index contributed by atoms with van der Waals surface area (Å²) in [6.45, 7) is 2.91. The molecule has 2 aromatic heterocycles. The second-order valence-electron chi connectivity index (χ2n) is 3.83. The molecule has 0 atom stereocenters. The third kappa shape index (κ3) is 3.00. The van der Waals surface area contributed by atoms with E-state index in [1.165, 1.54) is 0 Å². The normalized spacial score (nSPS) is 10.5. The highest BCUT2D eigenvalue weighted by Crippen LogP contribution is 2.21. The van der Waals surface area contributed by atoms with Crippen molar-refractivity contribution in [2.24, 2.45) is 0 Å². The maximum atomic E-state index is 11.1.